The van der Waals surface area contributed by atoms with Gasteiger partial charge in [0.1, 0.15) is 6.54 Å². The number of nitrogens with zero attached hydrogens (tertiary/aromatic N) is 2. The molecule has 18 heavy (non-hydrogen) atoms. The normalized spacial score (nSPS) is 10.6. The quantitative estimate of drug-likeness (QED) is 0.759. The van der Waals surface area contributed by atoms with Gasteiger partial charge in [-0.15, -0.1) is 0 Å². The second-order valence-corrected chi connectivity index (χ2v) is 4.00. The Kier molecular flexibility index (Phi) is 3.82. The summed E-state index contributed by atoms with van der Waals surface area (Å²) in [5.74, 6) is 0.411. The van der Waals surface area contributed by atoms with Crippen molar-refractivity contribution in [2.75, 3.05) is 25.1 Å². The monoisotopic (exact) mass is 248 g/mol. The van der Waals surface area contributed by atoms with Crippen molar-refractivity contribution in [2.45, 2.75) is 13.3 Å². The Morgan fingerprint density at radius 1 is 1.44 bits per heavy atom. The van der Waals surface area contributed by atoms with Gasteiger partial charge in [0.2, 0.25) is 0 Å². The van der Waals surface area contributed by atoms with Gasteiger partial charge in [-0.2, -0.15) is 0 Å². The van der Waals surface area contributed by atoms with Crippen LogP contribution in [0.4, 0.5) is 5.82 Å². The molecular formula is C13H16N2O3. The second kappa shape index (κ2) is 5.53. The van der Waals surface area contributed by atoms with Crippen LogP contribution in [0.3, 0.4) is 0 Å². The van der Waals surface area contributed by atoms with Crippen LogP contribution in [0.15, 0.2) is 28.8 Å². The van der Waals surface area contributed by atoms with Crippen LogP contribution in [0.1, 0.15) is 13.3 Å². The minimum absolute atomic E-state index is 0.181. The Morgan fingerprint density at radius 2 is 2.22 bits per heavy atom. The molecule has 1 aromatic heterocycles. The number of rotatable bonds is 5. The molecule has 0 atom stereocenters. The molecule has 0 unspecified atom stereocenters. The molecule has 0 amide bonds. The first kappa shape index (κ1) is 12.4. The minimum Gasteiger partial charge on any atom is -0.468 e. The number of benzene rings is 1. The lowest BCUT2D eigenvalue weighted by atomic mass is 10.2. The fourth-order valence-corrected chi connectivity index (χ4v) is 1.85. The Balaban J connectivity index is 2.32. The highest BCUT2D eigenvalue weighted by Gasteiger charge is 2.17. The van der Waals surface area contributed by atoms with Crippen LogP contribution in [0, 0.1) is 0 Å². The molecule has 0 aliphatic rings. The molecule has 1 aromatic carbocycles. The summed E-state index contributed by atoms with van der Waals surface area (Å²) in [7, 11) is 1.38. The Bertz CT molecular complexity index is 536. The van der Waals surface area contributed by atoms with Crippen LogP contribution in [-0.4, -0.2) is 31.3 Å². The second-order valence-electron chi connectivity index (χ2n) is 4.00. The zero-order valence-electron chi connectivity index (χ0n) is 10.5. The van der Waals surface area contributed by atoms with Crippen LogP contribution < -0.4 is 4.90 Å². The van der Waals surface area contributed by atoms with Gasteiger partial charge in [-0.25, -0.2) is 0 Å². The van der Waals surface area contributed by atoms with E-state index in [1.165, 1.54) is 7.11 Å². The average molecular weight is 248 g/mol. The van der Waals surface area contributed by atoms with E-state index in [4.69, 9.17) is 9.26 Å². The molecule has 0 saturated heterocycles. The first-order valence-corrected chi connectivity index (χ1v) is 5.92. The third-order valence-corrected chi connectivity index (χ3v) is 2.70. The predicted molar refractivity (Wildman–Crippen MR) is 68.5 cm³/mol. The van der Waals surface area contributed by atoms with Crippen molar-refractivity contribution in [3.05, 3.63) is 24.3 Å². The van der Waals surface area contributed by atoms with Gasteiger partial charge in [-0.05, 0) is 18.6 Å². The van der Waals surface area contributed by atoms with E-state index in [1.54, 1.807) is 0 Å². The third-order valence-electron chi connectivity index (χ3n) is 2.70. The molecule has 0 fully saturated rings. The third kappa shape index (κ3) is 2.45. The highest BCUT2D eigenvalue weighted by atomic mass is 16.5. The van der Waals surface area contributed by atoms with Crippen molar-refractivity contribution in [1.29, 1.82) is 0 Å². The van der Waals surface area contributed by atoms with E-state index in [9.17, 15) is 4.79 Å². The predicted octanol–water partition coefficient (Wildman–Crippen LogP) is 2.22. The number of carbonyl (C=O) groups excluding carboxylic acids is 1. The number of esters is 1. The molecule has 2 rings (SSSR count). The summed E-state index contributed by atoms with van der Waals surface area (Å²) < 4.78 is 9.95. The summed E-state index contributed by atoms with van der Waals surface area (Å²) in [6, 6.07) is 7.60. The topological polar surface area (TPSA) is 55.6 Å². The number of ether oxygens (including phenoxy) is 1. The molecule has 0 spiro atoms. The summed E-state index contributed by atoms with van der Waals surface area (Å²) in [5.41, 5.74) is 0.721. The van der Waals surface area contributed by atoms with Crippen LogP contribution in [0.25, 0.3) is 11.0 Å². The molecule has 1 heterocycles. The zero-order chi connectivity index (χ0) is 13.0. The highest BCUT2D eigenvalue weighted by Crippen LogP contribution is 2.25. The molecule has 5 heteroatoms. The molecule has 0 bridgehead atoms. The van der Waals surface area contributed by atoms with E-state index in [0.717, 1.165) is 23.9 Å². The maximum absolute atomic E-state index is 11.4. The first-order valence-electron chi connectivity index (χ1n) is 5.92. The van der Waals surface area contributed by atoms with E-state index in [-0.39, 0.29) is 12.5 Å². The van der Waals surface area contributed by atoms with E-state index in [0.29, 0.717) is 5.82 Å². The number of hydrogen-bond donors (Lipinski definition) is 0. The minimum atomic E-state index is -0.282. The van der Waals surface area contributed by atoms with E-state index < -0.39 is 0 Å². The van der Waals surface area contributed by atoms with Crippen molar-refractivity contribution in [1.82, 2.24) is 5.16 Å². The van der Waals surface area contributed by atoms with Gasteiger partial charge in [0, 0.05) is 6.54 Å². The first-order chi connectivity index (χ1) is 8.76. The molecule has 0 aliphatic heterocycles. The van der Waals surface area contributed by atoms with Crippen LogP contribution in [0.2, 0.25) is 0 Å². The number of carbonyl (C=O) groups is 1. The molecule has 5 nitrogen and oxygen atoms in total. The Hall–Kier alpha value is -2.04. The maximum atomic E-state index is 11.4. The van der Waals surface area contributed by atoms with Crippen molar-refractivity contribution >= 4 is 22.8 Å². The lowest BCUT2D eigenvalue weighted by molar-refractivity contribution is -0.138. The van der Waals surface area contributed by atoms with Gasteiger partial charge in [0.15, 0.2) is 11.4 Å². The van der Waals surface area contributed by atoms with Crippen molar-refractivity contribution in [3.63, 3.8) is 0 Å². The molecule has 96 valence electrons. The fourth-order valence-electron chi connectivity index (χ4n) is 1.85. The van der Waals surface area contributed by atoms with Gasteiger partial charge in [0.05, 0.1) is 12.5 Å². The largest absolute Gasteiger partial charge is 0.468 e. The van der Waals surface area contributed by atoms with Crippen molar-refractivity contribution in [2.24, 2.45) is 0 Å². The Morgan fingerprint density at radius 3 is 2.94 bits per heavy atom. The zero-order valence-corrected chi connectivity index (χ0v) is 10.5. The Labute approximate surface area is 105 Å². The lowest BCUT2D eigenvalue weighted by Gasteiger charge is -2.19. The molecule has 0 N–H and O–H groups in total. The SMILES string of the molecule is CCCN(CC(=O)OC)c1noc2ccccc12. The number of aromatic nitrogens is 1. The fraction of sp³-hybridized carbons (Fsp3) is 0.385. The maximum Gasteiger partial charge on any atom is 0.325 e. The molecule has 2 aromatic rings. The van der Waals surface area contributed by atoms with Gasteiger partial charge >= 0.3 is 5.97 Å². The molecule has 0 saturated carbocycles. The molecular weight excluding hydrogens is 232 g/mol. The smallest absolute Gasteiger partial charge is 0.325 e. The van der Waals surface area contributed by atoms with Crippen LogP contribution >= 0.6 is 0 Å². The summed E-state index contributed by atoms with van der Waals surface area (Å²) in [6.07, 6.45) is 0.915. The van der Waals surface area contributed by atoms with Crippen molar-refractivity contribution in [3.8, 4) is 0 Å². The summed E-state index contributed by atoms with van der Waals surface area (Å²) in [4.78, 5) is 13.3. The number of methoxy groups -OCH3 is 1. The number of hydrogen-bond acceptors (Lipinski definition) is 5. The van der Waals surface area contributed by atoms with Gasteiger partial charge in [-0.1, -0.05) is 24.2 Å². The molecule has 0 aliphatic carbocycles. The number of para-hydroxylation sites is 1. The van der Waals surface area contributed by atoms with E-state index in [1.807, 2.05) is 36.1 Å². The van der Waals surface area contributed by atoms with Gasteiger partial charge in [-0.3, -0.25) is 4.79 Å². The summed E-state index contributed by atoms with van der Waals surface area (Å²) in [6.45, 7) is 2.96. The molecule has 0 radical (unpaired) electrons. The van der Waals surface area contributed by atoms with Gasteiger partial charge < -0.3 is 14.2 Å². The van der Waals surface area contributed by atoms with Crippen LogP contribution in [-0.2, 0) is 9.53 Å². The van der Waals surface area contributed by atoms with Gasteiger partial charge in [0.25, 0.3) is 0 Å². The standard InChI is InChI=1S/C13H16N2O3/c1-3-8-15(9-12(16)17-2)13-10-6-4-5-7-11(10)18-14-13/h4-7H,3,8-9H2,1-2H3. The summed E-state index contributed by atoms with van der Waals surface area (Å²) >= 11 is 0. The van der Waals surface area contributed by atoms with E-state index >= 15 is 0 Å². The number of fused-ring (bicyclic) bond motifs is 1. The van der Waals surface area contributed by atoms with E-state index in [2.05, 4.69) is 5.16 Å². The lowest BCUT2D eigenvalue weighted by Crippen LogP contribution is -2.31. The average Bonchev–Trinajstić information content (AvgIpc) is 2.82. The van der Waals surface area contributed by atoms with Crippen LogP contribution in [0.5, 0.6) is 0 Å². The number of anilines is 1. The van der Waals surface area contributed by atoms with Crippen molar-refractivity contribution < 1.29 is 14.1 Å². The highest BCUT2D eigenvalue weighted by molar-refractivity contribution is 5.90. The summed E-state index contributed by atoms with van der Waals surface area (Å²) in [5, 5.41) is 4.96.